The molecule has 0 spiro atoms. The van der Waals surface area contributed by atoms with Crippen molar-refractivity contribution in [2.45, 2.75) is 13.8 Å². The number of ether oxygens (including phenoxy) is 1. The van der Waals surface area contributed by atoms with Crippen LogP contribution in [-0.2, 0) is 0 Å². The molecule has 0 fully saturated rings. The van der Waals surface area contributed by atoms with Crippen LogP contribution in [0.15, 0.2) is 12.1 Å². The second-order valence-electron chi connectivity index (χ2n) is 2.98. The molecule has 0 aliphatic carbocycles. The van der Waals surface area contributed by atoms with Crippen LogP contribution in [-0.4, -0.2) is 16.2 Å². The lowest BCUT2D eigenvalue weighted by atomic mass is 10.1. The van der Waals surface area contributed by atoms with Crippen LogP contribution >= 0.6 is 0 Å². The fraction of sp³-hybridized carbons (Fsp3) is 0.222. The minimum Gasteiger partial charge on any atom is -0.449 e. The van der Waals surface area contributed by atoms with Gasteiger partial charge in [0.15, 0.2) is 0 Å². The molecule has 6 nitrogen and oxygen atoms in total. The van der Waals surface area contributed by atoms with Crippen LogP contribution in [0.5, 0.6) is 5.75 Å². The van der Waals surface area contributed by atoms with Gasteiger partial charge in [0.1, 0.15) is 0 Å². The molecule has 1 rings (SSSR count). The third-order valence-electron chi connectivity index (χ3n) is 2.04. The van der Waals surface area contributed by atoms with E-state index in [1.165, 1.54) is 6.07 Å². The molecule has 0 heterocycles. The average molecular weight is 211 g/mol. The number of carboxylic acid groups (broad SMARTS) is 1. The number of nitrogens with zero attached hydrogens (tertiary/aromatic N) is 1. The molecule has 0 aromatic heterocycles. The summed E-state index contributed by atoms with van der Waals surface area (Å²) in [7, 11) is 0. The fourth-order valence-electron chi connectivity index (χ4n) is 1.14. The summed E-state index contributed by atoms with van der Waals surface area (Å²) in [6, 6.07) is 2.77. The first-order valence-electron chi connectivity index (χ1n) is 4.09. The highest BCUT2D eigenvalue weighted by atomic mass is 16.7. The molecular formula is C9H9NO5. The van der Waals surface area contributed by atoms with Gasteiger partial charge in [-0.3, -0.25) is 10.1 Å². The van der Waals surface area contributed by atoms with E-state index in [2.05, 4.69) is 4.74 Å². The van der Waals surface area contributed by atoms with Crippen molar-refractivity contribution in [2.75, 3.05) is 0 Å². The van der Waals surface area contributed by atoms with E-state index in [-0.39, 0.29) is 11.4 Å². The Morgan fingerprint density at radius 1 is 1.47 bits per heavy atom. The van der Waals surface area contributed by atoms with Crippen molar-refractivity contribution in [3.63, 3.8) is 0 Å². The Hall–Kier alpha value is -2.11. The molecule has 6 heteroatoms. The van der Waals surface area contributed by atoms with Crippen LogP contribution in [0.2, 0.25) is 0 Å². The molecule has 0 bridgehead atoms. The Balaban J connectivity index is 3.34. The number of nitro benzene ring substituents is 1. The van der Waals surface area contributed by atoms with Gasteiger partial charge in [-0.15, -0.1) is 0 Å². The van der Waals surface area contributed by atoms with Crippen molar-refractivity contribution in [2.24, 2.45) is 0 Å². The SMILES string of the molecule is Cc1ccc([N+](=O)[O-])c(OC(=O)O)c1C. The van der Waals surface area contributed by atoms with E-state index in [0.717, 1.165) is 5.56 Å². The van der Waals surface area contributed by atoms with Gasteiger partial charge in [0.05, 0.1) is 4.92 Å². The number of nitro groups is 1. The van der Waals surface area contributed by atoms with Gasteiger partial charge in [0.2, 0.25) is 5.75 Å². The molecular weight excluding hydrogens is 202 g/mol. The van der Waals surface area contributed by atoms with Gasteiger partial charge in [-0.25, -0.2) is 4.79 Å². The molecule has 0 radical (unpaired) electrons. The van der Waals surface area contributed by atoms with Gasteiger partial charge in [0, 0.05) is 11.6 Å². The lowest BCUT2D eigenvalue weighted by Crippen LogP contribution is -2.07. The number of carbonyl (C=O) groups is 1. The standard InChI is InChI=1S/C9H9NO5/c1-5-3-4-7(10(13)14)8(6(5)2)15-9(11)12/h3-4H,1-2H3,(H,11,12). The minimum absolute atomic E-state index is 0.215. The minimum atomic E-state index is -1.56. The van der Waals surface area contributed by atoms with Crippen molar-refractivity contribution in [1.29, 1.82) is 0 Å². The van der Waals surface area contributed by atoms with Gasteiger partial charge >= 0.3 is 11.8 Å². The first-order chi connectivity index (χ1) is 6.93. The topological polar surface area (TPSA) is 89.7 Å². The fourth-order valence-corrected chi connectivity index (χ4v) is 1.14. The Morgan fingerprint density at radius 3 is 2.53 bits per heavy atom. The Labute approximate surface area is 85.2 Å². The van der Waals surface area contributed by atoms with Crippen LogP contribution < -0.4 is 4.74 Å². The van der Waals surface area contributed by atoms with Crippen LogP contribution in [0.25, 0.3) is 0 Å². The van der Waals surface area contributed by atoms with E-state index in [0.29, 0.717) is 5.56 Å². The Kier molecular flexibility index (Phi) is 2.89. The average Bonchev–Trinajstić information content (AvgIpc) is 2.12. The number of hydrogen-bond donors (Lipinski definition) is 1. The molecule has 0 unspecified atom stereocenters. The molecule has 1 aromatic carbocycles. The summed E-state index contributed by atoms with van der Waals surface area (Å²) in [6.07, 6.45) is -1.56. The molecule has 0 aliphatic rings. The van der Waals surface area contributed by atoms with Crippen molar-refractivity contribution in [3.8, 4) is 5.75 Å². The first-order valence-corrected chi connectivity index (χ1v) is 4.09. The van der Waals surface area contributed by atoms with Crippen molar-refractivity contribution >= 4 is 11.8 Å². The summed E-state index contributed by atoms with van der Waals surface area (Å²) in [5.41, 5.74) is 0.837. The lowest BCUT2D eigenvalue weighted by molar-refractivity contribution is -0.385. The highest BCUT2D eigenvalue weighted by Crippen LogP contribution is 2.32. The number of benzene rings is 1. The van der Waals surface area contributed by atoms with Crippen molar-refractivity contribution in [1.82, 2.24) is 0 Å². The first kappa shape index (κ1) is 11.0. The molecule has 0 aliphatic heterocycles. The van der Waals surface area contributed by atoms with Gasteiger partial charge in [-0.05, 0) is 19.4 Å². The second kappa shape index (κ2) is 3.95. The normalized spacial score (nSPS) is 9.73. The van der Waals surface area contributed by atoms with Crippen molar-refractivity contribution < 1.29 is 19.6 Å². The maximum atomic E-state index is 10.6. The highest BCUT2D eigenvalue weighted by Gasteiger charge is 2.21. The van der Waals surface area contributed by atoms with E-state index < -0.39 is 11.1 Å². The summed E-state index contributed by atoms with van der Waals surface area (Å²) >= 11 is 0. The van der Waals surface area contributed by atoms with E-state index >= 15 is 0 Å². The predicted molar refractivity (Wildman–Crippen MR) is 51.2 cm³/mol. The summed E-state index contributed by atoms with van der Waals surface area (Å²) in [5, 5.41) is 19.0. The smallest absolute Gasteiger partial charge is 0.449 e. The summed E-state index contributed by atoms with van der Waals surface area (Å²) in [4.78, 5) is 20.3. The van der Waals surface area contributed by atoms with Gasteiger partial charge in [0.25, 0.3) is 0 Å². The van der Waals surface area contributed by atoms with E-state index in [9.17, 15) is 14.9 Å². The van der Waals surface area contributed by atoms with E-state index in [1.54, 1.807) is 19.9 Å². The molecule has 0 atom stereocenters. The largest absolute Gasteiger partial charge is 0.511 e. The second-order valence-corrected chi connectivity index (χ2v) is 2.98. The Morgan fingerprint density at radius 2 is 2.07 bits per heavy atom. The molecule has 15 heavy (non-hydrogen) atoms. The quantitative estimate of drug-likeness (QED) is 0.350. The molecule has 0 amide bonds. The predicted octanol–water partition coefficient (Wildman–Crippen LogP) is 2.27. The van der Waals surface area contributed by atoms with Crippen LogP contribution in [0, 0.1) is 24.0 Å². The number of aryl methyl sites for hydroxylation is 1. The number of hydrogen-bond acceptors (Lipinski definition) is 4. The van der Waals surface area contributed by atoms with E-state index in [4.69, 9.17) is 5.11 Å². The summed E-state index contributed by atoms with van der Waals surface area (Å²) in [6.45, 7) is 3.29. The highest BCUT2D eigenvalue weighted by molar-refractivity contribution is 5.66. The van der Waals surface area contributed by atoms with Crippen molar-refractivity contribution in [3.05, 3.63) is 33.4 Å². The number of rotatable bonds is 2. The molecule has 0 saturated heterocycles. The monoisotopic (exact) mass is 211 g/mol. The Bertz CT molecular complexity index is 427. The van der Waals surface area contributed by atoms with Crippen LogP contribution in [0.3, 0.4) is 0 Å². The van der Waals surface area contributed by atoms with Crippen LogP contribution in [0.4, 0.5) is 10.5 Å². The van der Waals surface area contributed by atoms with Crippen LogP contribution in [0.1, 0.15) is 11.1 Å². The molecule has 1 N–H and O–H groups in total. The zero-order valence-corrected chi connectivity index (χ0v) is 8.18. The molecule has 80 valence electrons. The lowest BCUT2D eigenvalue weighted by Gasteiger charge is -2.07. The maximum Gasteiger partial charge on any atom is 0.511 e. The molecule has 0 saturated carbocycles. The van der Waals surface area contributed by atoms with Gasteiger partial charge < -0.3 is 9.84 Å². The maximum absolute atomic E-state index is 10.6. The summed E-state index contributed by atoms with van der Waals surface area (Å²) < 4.78 is 4.39. The zero-order valence-electron chi connectivity index (χ0n) is 8.18. The van der Waals surface area contributed by atoms with E-state index in [1.807, 2.05) is 0 Å². The third kappa shape index (κ3) is 2.22. The van der Waals surface area contributed by atoms with Gasteiger partial charge in [-0.1, -0.05) is 6.07 Å². The zero-order chi connectivity index (χ0) is 11.6. The molecule has 1 aromatic rings. The third-order valence-corrected chi connectivity index (χ3v) is 2.04. The summed E-state index contributed by atoms with van der Waals surface area (Å²) in [5.74, 6) is -0.215. The van der Waals surface area contributed by atoms with Gasteiger partial charge in [-0.2, -0.15) is 0 Å².